The van der Waals surface area contributed by atoms with E-state index in [1.165, 1.54) is 6.07 Å². The van der Waals surface area contributed by atoms with Crippen LogP contribution in [0.5, 0.6) is 0 Å². The fourth-order valence-electron chi connectivity index (χ4n) is 1.87. The van der Waals surface area contributed by atoms with Crippen molar-refractivity contribution in [3.05, 3.63) is 45.6 Å². The molecule has 0 saturated heterocycles. The molecule has 1 rings (SSSR count). The minimum Gasteiger partial charge on any atom is -0.465 e. The van der Waals surface area contributed by atoms with Crippen LogP contribution in [0, 0.1) is 12.7 Å². The van der Waals surface area contributed by atoms with Crippen molar-refractivity contribution in [1.82, 2.24) is 5.32 Å². The molecule has 7 heteroatoms. The predicted octanol–water partition coefficient (Wildman–Crippen LogP) is 3.03. The normalized spacial score (nSPS) is 11.6. The number of hydrogen-bond donors (Lipinski definition) is 1. The first-order valence-electron chi connectivity index (χ1n) is 6.77. The highest BCUT2D eigenvalue weighted by Crippen LogP contribution is 2.20. The van der Waals surface area contributed by atoms with Gasteiger partial charge in [-0.2, -0.15) is 0 Å². The van der Waals surface area contributed by atoms with Crippen molar-refractivity contribution < 1.29 is 13.9 Å². The van der Waals surface area contributed by atoms with E-state index >= 15 is 0 Å². The SMILES string of the molecule is CCOC(=O)C(NCCCN=[N+]=[N-])c1cc(C)ccc1F. The van der Waals surface area contributed by atoms with E-state index < -0.39 is 17.8 Å². The number of nitrogens with zero attached hydrogens (tertiary/aromatic N) is 3. The standard InChI is InChI=1S/C14H19FN4O2/c1-3-21-14(20)13(17-7-4-8-18-19-16)11-9-10(2)5-6-12(11)15/h5-6,9,13,17H,3-4,7-8H2,1-2H3. The maximum atomic E-state index is 13.9. The second-order valence-corrected chi connectivity index (χ2v) is 4.47. The van der Waals surface area contributed by atoms with Gasteiger partial charge in [-0.1, -0.05) is 22.8 Å². The van der Waals surface area contributed by atoms with E-state index in [4.69, 9.17) is 10.3 Å². The molecule has 0 aliphatic carbocycles. The van der Waals surface area contributed by atoms with E-state index in [9.17, 15) is 9.18 Å². The Morgan fingerprint density at radius 3 is 3.00 bits per heavy atom. The van der Waals surface area contributed by atoms with E-state index in [2.05, 4.69) is 15.3 Å². The molecule has 0 bridgehead atoms. The van der Waals surface area contributed by atoms with Crippen LogP contribution < -0.4 is 5.32 Å². The van der Waals surface area contributed by atoms with Crippen molar-refractivity contribution in [2.75, 3.05) is 19.7 Å². The highest BCUT2D eigenvalue weighted by molar-refractivity contribution is 5.77. The molecule has 6 nitrogen and oxygen atoms in total. The van der Waals surface area contributed by atoms with Crippen molar-refractivity contribution in [3.8, 4) is 0 Å². The zero-order chi connectivity index (χ0) is 15.7. The van der Waals surface area contributed by atoms with Gasteiger partial charge in [0.1, 0.15) is 11.9 Å². The molecule has 21 heavy (non-hydrogen) atoms. The molecule has 0 saturated carbocycles. The number of carbonyl (C=O) groups is 1. The Labute approximate surface area is 122 Å². The summed E-state index contributed by atoms with van der Waals surface area (Å²) in [5.74, 6) is -0.980. The second kappa shape index (κ2) is 8.94. The monoisotopic (exact) mass is 294 g/mol. The molecule has 0 aliphatic heterocycles. The molecule has 1 N–H and O–H groups in total. The maximum absolute atomic E-state index is 13.9. The van der Waals surface area contributed by atoms with Crippen LogP contribution in [-0.2, 0) is 9.53 Å². The van der Waals surface area contributed by atoms with Gasteiger partial charge < -0.3 is 10.1 Å². The van der Waals surface area contributed by atoms with Gasteiger partial charge in [-0.3, -0.25) is 0 Å². The van der Waals surface area contributed by atoms with Gasteiger partial charge >= 0.3 is 5.97 Å². The zero-order valence-corrected chi connectivity index (χ0v) is 12.2. The third-order valence-electron chi connectivity index (χ3n) is 2.83. The highest BCUT2D eigenvalue weighted by atomic mass is 19.1. The summed E-state index contributed by atoms with van der Waals surface area (Å²) in [7, 11) is 0. The van der Waals surface area contributed by atoms with Gasteiger partial charge in [-0.25, -0.2) is 9.18 Å². The molecule has 1 unspecified atom stereocenters. The molecule has 0 radical (unpaired) electrons. The Kier molecular flexibility index (Phi) is 7.21. The van der Waals surface area contributed by atoms with Crippen LogP contribution in [0.3, 0.4) is 0 Å². The van der Waals surface area contributed by atoms with Crippen LogP contribution in [0.25, 0.3) is 10.4 Å². The summed E-state index contributed by atoms with van der Waals surface area (Å²) in [6.07, 6.45) is 0.549. The lowest BCUT2D eigenvalue weighted by Gasteiger charge is -2.18. The van der Waals surface area contributed by atoms with Gasteiger partial charge in [-0.15, -0.1) is 0 Å². The average molecular weight is 294 g/mol. The van der Waals surface area contributed by atoms with Crippen molar-refractivity contribution in [2.45, 2.75) is 26.3 Å². The van der Waals surface area contributed by atoms with Crippen LogP contribution in [0.1, 0.15) is 30.5 Å². The molecule has 1 atom stereocenters. The summed E-state index contributed by atoms with van der Waals surface area (Å²) in [6.45, 7) is 4.48. The van der Waals surface area contributed by atoms with E-state index in [0.717, 1.165) is 5.56 Å². The molecule has 0 aromatic heterocycles. The number of halogens is 1. The number of esters is 1. The molecule has 0 amide bonds. The smallest absolute Gasteiger partial charge is 0.327 e. The van der Waals surface area contributed by atoms with E-state index in [1.807, 2.05) is 6.92 Å². The largest absolute Gasteiger partial charge is 0.465 e. The summed E-state index contributed by atoms with van der Waals surface area (Å²) in [5.41, 5.74) is 9.31. The van der Waals surface area contributed by atoms with Gasteiger partial charge in [0.15, 0.2) is 0 Å². The van der Waals surface area contributed by atoms with Gasteiger partial charge in [0.05, 0.1) is 6.61 Å². The fraction of sp³-hybridized carbons (Fsp3) is 0.500. The first kappa shape index (κ1) is 16.9. The number of ether oxygens (including phenoxy) is 1. The highest BCUT2D eigenvalue weighted by Gasteiger charge is 2.24. The lowest BCUT2D eigenvalue weighted by Crippen LogP contribution is -2.32. The number of nitrogens with one attached hydrogen (secondary N) is 1. The molecule has 0 fully saturated rings. The minimum absolute atomic E-state index is 0.225. The van der Waals surface area contributed by atoms with E-state index in [0.29, 0.717) is 19.5 Å². The maximum Gasteiger partial charge on any atom is 0.327 e. The summed E-state index contributed by atoms with van der Waals surface area (Å²) in [5, 5.41) is 6.35. The predicted molar refractivity (Wildman–Crippen MR) is 77.1 cm³/mol. The number of hydrogen-bond acceptors (Lipinski definition) is 4. The number of aryl methyl sites for hydroxylation is 1. The average Bonchev–Trinajstić information content (AvgIpc) is 2.46. The van der Waals surface area contributed by atoms with Gasteiger partial charge in [0.25, 0.3) is 0 Å². The van der Waals surface area contributed by atoms with Crippen LogP contribution >= 0.6 is 0 Å². The Hall–Kier alpha value is -2.11. The Bertz CT molecular complexity index is 530. The Morgan fingerprint density at radius 1 is 1.57 bits per heavy atom. The Balaban J connectivity index is 2.83. The van der Waals surface area contributed by atoms with Crippen LogP contribution in [0.4, 0.5) is 4.39 Å². The number of azide groups is 1. The lowest BCUT2D eigenvalue weighted by atomic mass is 10.0. The van der Waals surface area contributed by atoms with Crippen LogP contribution in [-0.4, -0.2) is 25.7 Å². The van der Waals surface area contributed by atoms with Gasteiger partial charge in [0, 0.05) is 17.0 Å². The lowest BCUT2D eigenvalue weighted by molar-refractivity contribution is -0.145. The Morgan fingerprint density at radius 2 is 2.33 bits per heavy atom. The minimum atomic E-state index is -0.865. The third-order valence-corrected chi connectivity index (χ3v) is 2.83. The van der Waals surface area contributed by atoms with Crippen molar-refractivity contribution in [3.63, 3.8) is 0 Å². The summed E-state index contributed by atoms with van der Waals surface area (Å²) in [6, 6.07) is 3.73. The summed E-state index contributed by atoms with van der Waals surface area (Å²) in [4.78, 5) is 14.6. The topological polar surface area (TPSA) is 87.1 Å². The zero-order valence-electron chi connectivity index (χ0n) is 12.2. The fourth-order valence-corrected chi connectivity index (χ4v) is 1.87. The summed E-state index contributed by atoms with van der Waals surface area (Å²) < 4.78 is 18.9. The van der Waals surface area contributed by atoms with Crippen molar-refractivity contribution in [2.24, 2.45) is 5.11 Å². The van der Waals surface area contributed by atoms with E-state index in [1.54, 1.807) is 19.1 Å². The van der Waals surface area contributed by atoms with Gasteiger partial charge in [0.2, 0.25) is 0 Å². The first-order chi connectivity index (χ1) is 10.1. The molecule has 114 valence electrons. The molecular formula is C14H19FN4O2. The van der Waals surface area contributed by atoms with Crippen LogP contribution in [0.2, 0.25) is 0 Å². The van der Waals surface area contributed by atoms with Crippen molar-refractivity contribution >= 4 is 5.97 Å². The third kappa shape index (κ3) is 5.41. The van der Waals surface area contributed by atoms with Gasteiger partial charge in [-0.05, 0) is 38.4 Å². The molecule has 0 spiro atoms. The second-order valence-electron chi connectivity index (χ2n) is 4.47. The molecule has 0 aliphatic rings. The molecule has 1 aromatic carbocycles. The van der Waals surface area contributed by atoms with Crippen molar-refractivity contribution in [1.29, 1.82) is 0 Å². The molecule has 0 heterocycles. The summed E-state index contributed by atoms with van der Waals surface area (Å²) >= 11 is 0. The number of rotatable bonds is 8. The molecular weight excluding hydrogens is 275 g/mol. The number of carbonyl (C=O) groups excluding carboxylic acids is 1. The first-order valence-corrected chi connectivity index (χ1v) is 6.77. The van der Waals surface area contributed by atoms with E-state index in [-0.39, 0.29) is 12.2 Å². The molecule has 1 aromatic rings. The quantitative estimate of drug-likeness (QED) is 0.263. The van der Waals surface area contributed by atoms with Crippen LogP contribution in [0.15, 0.2) is 23.3 Å². The number of benzene rings is 1.